The number of benzene rings is 1. The van der Waals surface area contributed by atoms with Gasteiger partial charge in [-0.15, -0.1) is 16.4 Å². The molecule has 0 unspecified atom stereocenters. The van der Waals surface area contributed by atoms with Crippen LogP contribution in [0.25, 0.3) is 27.4 Å². The molecular weight excluding hydrogens is 522 g/mol. The number of methoxy groups -OCH3 is 2. The molecule has 6 aromatic rings. The molecule has 0 N–H and O–H groups in total. The Morgan fingerprint density at radius 1 is 1.13 bits per heavy atom. The zero-order valence-corrected chi connectivity index (χ0v) is 22.3. The van der Waals surface area contributed by atoms with E-state index in [2.05, 4.69) is 26.5 Å². The van der Waals surface area contributed by atoms with Gasteiger partial charge in [-0.1, -0.05) is 12.5 Å². The lowest BCUT2D eigenvalue weighted by Crippen LogP contribution is -2.35. The molecule has 0 spiro atoms. The van der Waals surface area contributed by atoms with Gasteiger partial charge in [0.2, 0.25) is 4.96 Å². The summed E-state index contributed by atoms with van der Waals surface area (Å²) >= 11 is 3.06. The second-order valence-electron chi connectivity index (χ2n) is 9.17. The number of furan rings is 1. The smallest absolute Gasteiger partial charge is 0.294 e. The number of pyridine rings is 1. The van der Waals surface area contributed by atoms with Crippen molar-refractivity contribution in [3.8, 4) is 28.1 Å². The van der Waals surface area contributed by atoms with Crippen LogP contribution in [0.3, 0.4) is 0 Å². The molecule has 0 radical (unpaired) electrons. The maximum atomic E-state index is 6.31. The van der Waals surface area contributed by atoms with Crippen LogP contribution in [-0.4, -0.2) is 38.8 Å². The molecule has 1 aliphatic carbocycles. The van der Waals surface area contributed by atoms with E-state index < -0.39 is 0 Å². The first kappa shape index (κ1) is 23.2. The van der Waals surface area contributed by atoms with Gasteiger partial charge < -0.3 is 18.6 Å². The van der Waals surface area contributed by atoms with E-state index in [4.69, 9.17) is 23.6 Å². The number of fused-ring (bicyclic) bond motifs is 2. The van der Waals surface area contributed by atoms with E-state index in [9.17, 15) is 0 Å². The number of imidazole rings is 1. The molecule has 9 nitrogen and oxygen atoms in total. The highest BCUT2D eigenvalue weighted by Crippen LogP contribution is 2.49. The molecule has 38 heavy (non-hydrogen) atoms. The van der Waals surface area contributed by atoms with Crippen molar-refractivity contribution >= 4 is 38.6 Å². The summed E-state index contributed by atoms with van der Waals surface area (Å²) in [5.74, 6) is 1.93. The van der Waals surface area contributed by atoms with Crippen molar-refractivity contribution in [2.75, 3.05) is 14.2 Å². The van der Waals surface area contributed by atoms with Gasteiger partial charge >= 0.3 is 0 Å². The van der Waals surface area contributed by atoms with E-state index in [0.717, 1.165) is 39.6 Å². The van der Waals surface area contributed by atoms with Gasteiger partial charge in [0.15, 0.2) is 5.76 Å². The minimum atomic E-state index is -0.0329. The Hall–Kier alpha value is -3.96. The molecule has 1 aliphatic rings. The molecule has 7 rings (SSSR count). The average molecular weight is 546 g/mol. The third-order valence-electron chi connectivity index (χ3n) is 7.06. The van der Waals surface area contributed by atoms with E-state index in [0.29, 0.717) is 34.6 Å². The van der Waals surface area contributed by atoms with Gasteiger partial charge in [-0.2, -0.15) is 4.52 Å². The zero-order valence-electron chi connectivity index (χ0n) is 20.7. The summed E-state index contributed by atoms with van der Waals surface area (Å²) in [6.07, 6.45) is 8.90. The highest BCUT2D eigenvalue weighted by Gasteiger charge is 2.43. The van der Waals surface area contributed by atoms with Crippen LogP contribution in [0.1, 0.15) is 35.5 Å². The maximum Gasteiger partial charge on any atom is 0.294 e. The molecule has 0 saturated heterocycles. The minimum absolute atomic E-state index is 0.0329. The van der Waals surface area contributed by atoms with Crippen molar-refractivity contribution < 1.29 is 18.6 Å². The Labute approximate surface area is 225 Å². The highest BCUT2D eigenvalue weighted by molar-refractivity contribution is 7.18. The molecule has 0 aliphatic heterocycles. The third kappa shape index (κ3) is 3.72. The van der Waals surface area contributed by atoms with Crippen LogP contribution < -0.4 is 14.2 Å². The summed E-state index contributed by atoms with van der Waals surface area (Å²) in [4.78, 5) is 14.5. The number of aromatic nitrogens is 5. The largest absolute Gasteiger partial charge is 0.496 e. The Balaban J connectivity index is 1.19. The summed E-state index contributed by atoms with van der Waals surface area (Å²) in [6, 6.07) is 9.82. The maximum absolute atomic E-state index is 6.31. The molecule has 0 amide bonds. The second kappa shape index (κ2) is 9.10. The Kier molecular flexibility index (Phi) is 5.55. The SMILES string of the molecule is COc1cc(OCc2csc(C3(c4cccnc4)CCC3)n2)c2cc(-c3cnc4sc(OC)nn34)oc2c1. The number of thiazole rings is 1. The van der Waals surface area contributed by atoms with E-state index in [1.54, 1.807) is 36.3 Å². The number of ether oxygens (including phenoxy) is 3. The van der Waals surface area contributed by atoms with Crippen LogP contribution in [-0.2, 0) is 12.0 Å². The van der Waals surface area contributed by atoms with Crippen molar-refractivity contribution in [1.82, 2.24) is 24.6 Å². The second-order valence-corrected chi connectivity index (χ2v) is 10.9. The molecule has 0 atom stereocenters. The van der Waals surface area contributed by atoms with Crippen molar-refractivity contribution in [2.45, 2.75) is 31.3 Å². The quantitative estimate of drug-likeness (QED) is 0.226. The zero-order chi connectivity index (χ0) is 25.7. The fraction of sp³-hybridized carbons (Fsp3) is 0.259. The van der Waals surface area contributed by atoms with Gasteiger partial charge in [0.05, 0.1) is 31.5 Å². The highest BCUT2D eigenvalue weighted by atomic mass is 32.1. The summed E-state index contributed by atoms with van der Waals surface area (Å²) in [5.41, 5.74) is 3.48. The van der Waals surface area contributed by atoms with E-state index in [1.165, 1.54) is 23.3 Å². The van der Waals surface area contributed by atoms with Crippen LogP contribution >= 0.6 is 22.7 Å². The molecule has 5 heterocycles. The van der Waals surface area contributed by atoms with E-state index in [1.807, 2.05) is 36.7 Å². The molecular formula is C27H23N5O4S2. The molecule has 1 aromatic carbocycles. The van der Waals surface area contributed by atoms with Crippen LogP contribution in [0.4, 0.5) is 0 Å². The molecule has 5 aromatic heterocycles. The topological polar surface area (TPSA) is 96.8 Å². The molecule has 1 fully saturated rings. The first-order chi connectivity index (χ1) is 18.7. The fourth-order valence-electron chi connectivity index (χ4n) is 4.92. The predicted molar refractivity (Wildman–Crippen MR) is 144 cm³/mol. The van der Waals surface area contributed by atoms with E-state index >= 15 is 0 Å². The molecule has 192 valence electrons. The first-order valence-electron chi connectivity index (χ1n) is 12.2. The minimum Gasteiger partial charge on any atom is -0.496 e. The number of hydrogen-bond acceptors (Lipinski definition) is 10. The van der Waals surface area contributed by atoms with Gasteiger partial charge in [-0.05, 0) is 41.9 Å². The monoisotopic (exact) mass is 545 g/mol. The van der Waals surface area contributed by atoms with Crippen LogP contribution in [0, 0.1) is 0 Å². The summed E-state index contributed by atoms with van der Waals surface area (Å²) in [7, 11) is 3.21. The van der Waals surface area contributed by atoms with Gasteiger partial charge in [0.25, 0.3) is 5.19 Å². The Morgan fingerprint density at radius 2 is 2.05 bits per heavy atom. The number of hydrogen-bond donors (Lipinski definition) is 0. The van der Waals surface area contributed by atoms with Crippen LogP contribution in [0.2, 0.25) is 0 Å². The number of rotatable bonds is 8. The standard InChI is InChI=1S/C27H23N5O4S2/c1-33-18-9-21(19-11-23(36-22(19)10-18)20-13-29-25-32(20)31-26(34-2)38-25)35-14-17-15-37-24(30-17)27(6-4-7-27)16-5-3-8-28-12-16/h3,5,8-13,15H,4,6-7,14H2,1-2H3. The van der Waals surface area contributed by atoms with Gasteiger partial charge in [-0.3, -0.25) is 4.98 Å². The van der Waals surface area contributed by atoms with Crippen molar-refractivity contribution in [1.29, 1.82) is 0 Å². The molecule has 1 saturated carbocycles. The number of nitrogens with zero attached hydrogens (tertiary/aromatic N) is 5. The third-order valence-corrected chi connectivity index (χ3v) is 9.04. The molecule has 11 heteroatoms. The normalized spacial score (nSPS) is 14.6. The summed E-state index contributed by atoms with van der Waals surface area (Å²) in [6.45, 7) is 0.336. The van der Waals surface area contributed by atoms with Crippen LogP contribution in [0.5, 0.6) is 16.7 Å². The Bertz CT molecular complexity index is 1750. The lowest BCUT2D eigenvalue weighted by Gasteiger charge is -2.40. The van der Waals surface area contributed by atoms with Crippen molar-refractivity contribution in [3.05, 3.63) is 70.6 Å². The predicted octanol–water partition coefficient (Wildman–Crippen LogP) is 6.12. The molecule has 0 bridgehead atoms. The Morgan fingerprint density at radius 3 is 2.82 bits per heavy atom. The van der Waals surface area contributed by atoms with Gasteiger partial charge in [0.1, 0.15) is 34.4 Å². The van der Waals surface area contributed by atoms with Crippen LogP contribution in [0.15, 0.2) is 58.7 Å². The van der Waals surface area contributed by atoms with Crippen molar-refractivity contribution in [2.24, 2.45) is 0 Å². The lowest BCUT2D eigenvalue weighted by atomic mass is 9.65. The average Bonchev–Trinajstić information content (AvgIpc) is 3.70. The summed E-state index contributed by atoms with van der Waals surface area (Å²) < 4.78 is 25.0. The first-order valence-corrected chi connectivity index (χ1v) is 13.9. The van der Waals surface area contributed by atoms with Gasteiger partial charge in [-0.25, -0.2) is 9.97 Å². The van der Waals surface area contributed by atoms with E-state index in [-0.39, 0.29) is 5.41 Å². The summed E-state index contributed by atoms with van der Waals surface area (Å²) in [5, 5.41) is 9.03. The lowest BCUT2D eigenvalue weighted by molar-refractivity contribution is 0.290. The fourth-order valence-corrected chi connectivity index (χ4v) is 6.70. The van der Waals surface area contributed by atoms with Crippen molar-refractivity contribution in [3.63, 3.8) is 0 Å². The van der Waals surface area contributed by atoms with Gasteiger partial charge in [0, 0.05) is 35.3 Å².